The first-order chi connectivity index (χ1) is 6.33. The molecule has 0 saturated heterocycles. The standard InChI is InChI=1S/C7H7N3O.C2H6/c1-6-4-10-7(5-9-6)11-3-2-8;1-2/h4-5H,3H2,1H3;1-2H3. The van der Waals surface area contributed by atoms with E-state index in [9.17, 15) is 0 Å². The number of nitrogens with zero attached hydrogens (tertiary/aromatic N) is 3. The number of rotatable bonds is 2. The van der Waals surface area contributed by atoms with E-state index >= 15 is 0 Å². The lowest BCUT2D eigenvalue weighted by atomic mass is 10.5. The molecule has 0 aliphatic heterocycles. The van der Waals surface area contributed by atoms with E-state index in [0.29, 0.717) is 5.88 Å². The van der Waals surface area contributed by atoms with E-state index < -0.39 is 0 Å². The Labute approximate surface area is 78.2 Å². The van der Waals surface area contributed by atoms with Crippen molar-refractivity contribution in [1.29, 1.82) is 5.26 Å². The minimum absolute atomic E-state index is 0.0116. The third-order valence-corrected chi connectivity index (χ3v) is 1.04. The summed E-state index contributed by atoms with van der Waals surface area (Å²) in [7, 11) is 0. The molecule has 1 rings (SSSR count). The maximum atomic E-state index is 8.16. The molecule has 0 atom stereocenters. The molecule has 0 unspecified atom stereocenters. The predicted molar refractivity (Wildman–Crippen MR) is 49.2 cm³/mol. The molecule has 0 spiro atoms. The molecule has 0 fully saturated rings. The SMILES string of the molecule is CC.Cc1cnc(OCC#N)cn1. The average Bonchev–Trinajstić information content (AvgIpc) is 2.20. The number of aromatic nitrogens is 2. The third-order valence-electron chi connectivity index (χ3n) is 1.04. The lowest BCUT2D eigenvalue weighted by Gasteiger charge is -1.97. The molecule has 0 aliphatic rings. The molecular weight excluding hydrogens is 166 g/mol. The van der Waals surface area contributed by atoms with Gasteiger partial charge in [0.1, 0.15) is 6.07 Å². The van der Waals surface area contributed by atoms with Gasteiger partial charge in [-0.15, -0.1) is 0 Å². The lowest BCUT2D eigenvalue weighted by molar-refractivity contribution is 0.351. The summed E-state index contributed by atoms with van der Waals surface area (Å²) in [6.45, 7) is 5.85. The average molecular weight is 179 g/mol. The molecule has 13 heavy (non-hydrogen) atoms. The van der Waals surface area contributed by atoms with Gasteiger partial charge in [0.05, 0.1) is 18.1 Å². The predicted octanol–water partition coefficient (Wildman–Crippen LogP) is 1.71. The summed E-state index contributed by atoms with van der Waals surface area (Å²) in [5, 5.41) is 8.16. The van der Waals surface area contributed by atoms with Crippen molar-refractivity contribution >= 4 is 0 Å². The van der Waals surface area contributed by atoms with Crippen molar-refractivity contribution in [3.63, 3.8) is 0 Å². The number of hydrogen-bond donors (Lipinski definition) is 0. The quantitative estimate of drug-likeness (QED) is 0.693. The largest absolute Gasteiger partial charge is 0.461 e. The van der Waals surface area contributed by atoms with Gasteiger partial charge in [0, 0.05) is 0 Å². The number of aryl methyl sites for hydroxylation is 1. The van der Waals surface area contributed by atoms with E-state index in [0.717, 1.165) is 5.69 Å². The van der Waals surface area contributed by atoms with Gasteiger partial charge < -0.3 is 4.74 Å². The molecule has 0 amide bonds. The van der Waals surface area contributed by atoms with Crippen LogP contribution in [0.5, 0.6) is 5.88 Å². The van der Waals surface area contributed by atoms with E-state index in [2.05, 4.69) is 9.97 Å². The van der Waals surface area contributed by atoms with Crippen molar-refractivity contribution in [2.24, 2.45) is 0 Å². The normalized spacial score (nSPS) is 7.85. The van der Waals surface area contributed by atoms with Gasteiger partial charge in [-0.3, -0.25) is 4.98 Å². The zero-order valence-electron chi connectivity index (χ0n) is 8.11. The van der Waals surface area contributed by atoms with Crippen LogP contribution in [0.1, 0.15) is 19.5 Å². The molecule has 0 bridgehead atoms. The van der Waals surface area contributed by atoms with Crippen LogP contribution in [0.3, 0.4) is 0 Å². The zero-order chi connectivity index (χ0) is 10.1. The summed E-state index contributed by atoms with van der Waals surface area (Å²) in [4.78, 5) is 7.82. The fourth-order valence-electron chi connectivity index (χ4n) is 0.561. The topological polar surface area (TPSA) is 58.8 Å². The van der Waals surface area contributed by atoms with Crippen molar-refractivity contribution in [3.8, 4) is 11.9 Å². The van der Waals surface area contributed by atoms with Crippen molar-refractivity contribution < 1.29 is 4.74 Å². The molecule has 0 aliphatic carbocycles. The summed E-state index contributed by atoms with van der Waals surface area (Å²) >= 11 is 0. The van der Waals surface area contributed by atoms with E-state index in [-0.39, 0.29) is 6.61 Å². The molecule has 0 saturated carbocycles. The number of hydrogen-bond acceptors (Lipinski definition) is 4. The molecule has 0 radical (unpaired) electrons. The second-order valence-electron chi connectivity index (χ2n) is 1.94. The van der Waals surface area contributed by atoms with Gasteiger partial charge in [0.15, 0.2) is 6.61 Å². The monoisotopic (exact) mass is 179 g/mol. The molecular formula is C9H13N3O. The molecule has 1 heterocycles. The van der Waals surface area contributed by atoms with Crippen LogP contribution in [0.4, 0.5) is 0 Å². The van der Waals surface area contributed by atoms with Crippen LogP contribution in [0.15, 0.2) is 12.4 Å². The highest BCUT2D eigenvalue weighted by Gasteiger charge is 1.92. The Morgan fingerprint density at radius 2 is 2.08 bits per heavy atom. The Hall–Kier alpha value is -1.63. The van der Waals surface area contributed by atoms with Crippen molar-refractivity contribution in [2.75, 3.05) is 6.61 Å². The molecule has 0 aromatic carbocycles. The zero-order valence-corrected chi connectivity index (χ0v) is 8.11. The maximum absolute atomic E-state index is 8.16. The first-order valence-corrected chi connectivity index (χ1v) is 4.11. The summed E-state index contributed by atoms with van der Waals surface area (Å²) in [6, 6.07) is 1.84. The van der Waals surface area contributed by atoms with Crippen LogP contribution in [-0.2, 0) is 0 Å². The van der Waals surface area contributed by atoms with Crippen molar-refractivity contribution in [2.45, 2.75) is 20.8 Å². The van der Waals surface area contributed by atoms with E-state index in [4.69, 9.17) is 10.00 Å². The van der Waals surface area contributed by atoms with Crippen LogP contribution in [-0.4, -0.2) is 16.6 Å². The van der Waals surface area contributed by atoms with E-state index in [1.807, 2.05) is 26.8 Å². The molecule has 70 valence electrons. The van der Waals surface area contributed by atoms with Crippen LogP contribution in [0, 0.1) is 18.3 Å². The first-order valence-electron chi connectivity index (χ1n) is 4.11. The number of nitriles is 1. The summed E-state index contributed by atoms with van der Waals surface area (Å²) < 4.78 is 4.88. The Bertz CT molecular complexity index is 263. The van der Waals surface area contributed by atoms with E-state index in [1.165, 1.54) is 6.20 Å². The summed E-state index contributed by atoms with van der Waals surface area (Å²) in [6.07, 6.45) is 3.08. The fraction of sp³-hybridized carbons (Fsp3) is 0.444. The Balaban J connectivity index is 0.000000671. The Morgan fingerprint density at radius 1 is 1.38 bits per heavy atom. The van der Waals surface area contributed by atoms with Crippen LogP contribution >= 0.6 is 0 Å². The molecule has 1 aromatic heterocycles. The van der Waals surface area contributed by atoms with Crippen molar-refractivity contribution in [1.82, 2.24) is 9.97 Å². The molecule has 4 nitrogen and oxygen atoms in total. The molecule has 1 aromatic rings. The minimum atomic E-state index is 0.0116. The van der Waals surface area contributed by atoms with Crippen molar-refractivity contribution in [3.05, 3.63) is 18.1 Å². The van der Waals surface area contributed by atoms with Gasteiger partial charge in [0.2, 0.25) is 5.88 Å². The van der Waals surface area contributed by atoms with Gasteiger partial charge in [-0.25, -0.2) is 4.98 Å². The van der Waals surface area contributed by atoms with Gasteiger partial charge in [-0.2, -0.15) is 5.26 Å². The van der Waals surface area contributed by atoms with Gasteiger partial charge >= 0.3 is 0 Å². The second-order valence-corrected chi connectivity index (χ2v) is 1.94. The fourth-order valence-corrected chi connectivity index (χ4v) is 0.561. The van der Waals surface area contributed by atoms with Gasteiger partial charge in [0.25, 0.3) is 0 Å². The molecule has 4 heteroatoms. The number of ether oxygens (including phenoxy) is 1. The highest BCUT2D eigenvalue weighted by atomic mass is 16.5. The summed E-state index contributed by atoms with van der Waals surface area (Å²) in [5.74, 6) is 0.386. The highest BCUT2D eigenvalue weighted by Crippen LogP contribution is 2.01. The minimum Gasteiger partial charge on any atom is -0.461 e. The van der Waals surface area contributed by atoms with Crippen LogP contribution in [0.25, 0.3) is 0 Å². The van der Waals surface area contributed by atoms with Crippen LogP contribution < -0.4 is 4.74 Å². The Morgan fingerprint density at radius 3 is 2.54 bits per heavy atom. The maximum Gasteiger partial charge on any atom is 0.233 e. The highest BCUT2D eigenvalue weighted by molar-refractivity contribution is 5.06. The van der Waals surface area contributed by atoms with Crippen LogP contribution in [0.2, 0.25) is 0 Å². The van der Waals surface area contributed by atoms with Gasteiger partial charge in [-0.1, -0.05) is 13.8 Å². The lowest BCUT2D eigenvalue weighted by Crippen LogP contribution is -1.96. The molecule has 0 N–H and O–H groups in total. The smallest absolute Gasteiger partial charge is 0.233 e. The first kappa shape index (κ1) is 11.4. The van der Waals surface area contributed by atoms with E-state index in [1.54, 1.807) is 6.20 Å². The van der Waals surface area contributed by atoms with Gasteiger partial charge in [-0.05, 0) is 6.92 Å². The second kappa shape index (κ2) is 7.04. The third kappa shape index (κ3) is 4.75. The Kier molecular flexibility index (Phi) is 6.16. The summed E-state index contributed by atoms with van der Waals surface area (Å²) in [5.41, 5.74) is 0.828.